The summed E-state index contributed by atoms with van der Waals surface area (Å²) in [6.07, 6.45) is 6.83. The molecule has 6 heteroatoms. The molecule has 6 nitrogen and oxygen atoms in total. The zero-order chi connectivity index (χ0) is 23.0. The molecule has 0 bridgehead atoms. The topological polar surface area (TPSA) is 70.2 Å². The summed E-state index contributed by atoms with van der Waals surface area (Å²) in [4.78, 5) is 23.8. The Labute approximate surface area is 196 Å². The van der Waals surface area contributed by atoms with E-state index in [2.05, 4.69) is 32.7 Å². The van der Waals surface area contributed by atoms with Gasteiger partial charge in [-0.05, 0) is 61.3 Å². The van der Waals surface area contributed by atoms with Gasteiger partial charge in [0.1, 0.15) is 5.82 Å². The molecule has 0 radical (unpaired) electrons. The van der Waals surface area contributed by atoms with Crippen LogP contribution in [-0.2, 0) is 6.42 Å². The summed E-state index contributed by atoms with van der Waals surface area (Å²) in [6.45, 7) is 0.720. The Morgan fingerprint density at radius 2 is 1.70 bits per heavy atom. The van der Waals surface area contributed by atoms with Gasteiger partial charge < -0.3 is 15.5 Å². The van der Waals surface area contributed by atoms with Crippen LogP contribution in [0.25, 0.3) is 0 Å². The number of nitrogens with zero attached hydrogens (tertiary/aromatic N) is 3. The van der Waals surface area contributed by atoms with Crippen LogP contribution < -0.4 is 15.5 Å². The van der Waals surface area contributed by atoms with Crippen molar-refractivity contribution in [1.29, 1.82) is 0 Å². The average Bonchev–Trinajstić information content (AvgIpc) is 2.84. The number of carbonyl (C=O) groups is 1. The van der Waals surface area contributed by atoms with Gasteiger partial charge in [-0.2, -0.15) is 4.98 Å². The summed E-state index contributed by atoms with van der Waals surface area (Å²) >= 11 is 0. The number of anilines is 2. The summed E-state index contributed by atoms with van der Waals surface area (Å²) < 4.78 is 0. The van der Waals surface area contributed by atoms with Crippen LogP contribution in [0.5, 0.6) is 0 Å². The van der Waals surface area contributed by atoms with Gasteiger partial charge >= 0.3 is 0 Å². The van der Waals surface area contributed by atoms with Crippen molar-refractivity contribution >= 4 is 17.7 Å². The van der Waals surface area contributed by atoms with Crippen LogP contribution in [-0.4, -0.2) is 42.6 Å². The van der Waals surface area contributed by atoms with Crippen LogP contribution in [0.15, 0.2) is 66.9 Å². The molecule has 1 aliphatic rings. The van der Waals surface area contributed by atoms with Crippen LogP contribution >= 0.6 is 0 Å². The highest BCUT2D eigenvalue weighted by atomic mass is 16.1. The van der Waals surface area contributed by atoms with Gasteiger partial charge in [0.2, 0.25) is 5.95 Å². The Morgan fingerprint density at radius 3 is 2.45 bits per heavy atom. The second-order valence-electron chi connectivity index (χ2n) is 9.02. The number of carbonyl (C=O) groups excluding carboxylic acids is 1. The molecular formula is C27H33N5O. The molecule has 2 N–H and O–H groups in total. The summed E-state index contributed by atoms with van der Waals surface area (Å²) in [6, 6.07) is 20.5. The van der Waals surface area contributed by atoms with Gasteiger partial charge in [0.05, 0.1) is 0 Å². The van der Waals surface area contributed by atoms with Crippen molar-refractivity contribution in [1.82, 2.24) is 15.3 Å². The second kappa shape index (κ2) is 10.9. The van der Waals surface area contributed by atoms with Crippen LogP contribution in [0.3, 0.4) is 0 Å². The number of benzene rings is 2. The highest BCUT2D eigenvalue weighted by Gasteiger charge is 2.23. The number of hydrogen-bond acceptors (Lipinski definition) is 5. The molecule has 1 heterocycles. The van der Waals surface area contributed by atoms with E-state index in [1.54, 1.807) is 6.20 Å². The van der Waals surface area contributed by atoms with Crippen molar-refractivity contribution in [2.45, 2.75) is 38.1 Å². The third-order valence-corrected chi connectivity index (χ3v) is 6.33. The van der Waals surface area contributed by atoms with Crippen molar-refractivity contribution < 1.29 is 4.79 Å². The predicted molar refractivity (Wildman–Crippen MR) is 134 cm³/mol. The van der Waals surface area contributed by atoms with E-state index in [-0.39, 0.29) is 5.91 Å². The van der Waals surface area contributed by atoms with Crippen molar-refractivity contribution in [2.24, 2.45) is 5.92 Å². The van der Waals surface area contributed by atoms with E-state index in [1.807, 2.05) is 67.5 Å². The molecule has 1 amide bonds. The summed E-state index contributed by atoms with van der Waals surface area (Å²) in [5.74, 6) is 2.11. The number of rotatable bonds is 8. The second-order valence-corrected chi connectivity index (χ2v) is 9.02. The minimum atomic E-state index is 0.0238. The number of aromatic nitrogens is 2. The third kappa shape index (κ3) is 6.31. The molecule has 0 unspecified atom stereocenters. The van der Waals surface area contributed by atoms with E-state index in [0.717, 1.165) is 55.6 Å². The molecule has 33 heavy (non-hydrogen) atoms. The first-order valence-corrected chi connectivity index (χ1v) is 11.8. The molecule has 0 spiro atoms. The van der Waals surface area contributed by atoms with Crippen molar-refractivity contribution in [2.75, 3.05) is 30.9 Å². The van der Waals surface area contributed by atoms with Crippen LogP contribution in [0.2, 0.25) is 0 Å². The van der Waals surface area contributed by atoms with Crippen molar-refractivity contribution in [3.05, 3.63) is 83.6 Å². The largest absolute Gasteiger partial charge is 0.363 e. The van der Waals surface area contributed by atoms with E-state index >= 15 is 0 Å². The standard InChI is InChI=1S/C27H33N5O/c1-32(2)25-16-17-28-27(31-25)30-23-14-12-21(13-15-23)19-29-26(33)24-11-7-6-10-22(24)18-20-8-4-3-5-9-20/h3-11,16-17,21,23H,12-15,18-19H2,1-2H3,(H,29,33)(H,28,30,31). The Bertz CT molecular complexity index is 1050. The number of nitrogens with one attached hydrogen (secondary N) is 2. The molecule has 2 aromatic carbocycles. The zero-order valence-electron chi connectivity index (χ0n) is 19.5. The zero-order valence-corrected chi connectivity index (χ0v) is 19.5. The molecule has 172 valence electrons. The maximum absolute atomic E-state index is 12.9. The lowest BCUT2D eigenvalue weighted by atomic mass is 9.86. The highest BCUT2D eigenvalue weighted by Crippen LogP contribution is 2.26. The van der Waals surface area contributed by atoms with E-state index in [0.29, 0.717) is 17.9 Å². The maximum atomic E-state index is 12.9. The molecule has 0 atom stereocenters. The van der Waals surface area contributed by atoms with E-state index in [4.69, 9.17) is 0 Å². The van der Waals surface area contributed by atoms with Crippen molar-refractivity contribution in [3.63, 3.8) is 0 Å². The monoisotopic (exact) mass is 443 g/mol. The number of amides is 1. The van der Waals surface area contributed by atoms with Crippen LogP contribution in [0.4, 0.5) is 11.8 Å². The van der Waals surface area contributed by atoms with Crippen LogP contribution in [0, 0.1) is 5.92 Å². The van der Waals surface area contributed by atoms with Gasteiger partial charge in [-0.25, -0.2) is 4.98 Å². The van der Waals surface area contributed by atoms with E-state index < -0.39 is 0 Å². The van der Waals surface area contributed by atoms with Crippen molar-refractivity contribution in [3.8, 4) is 0 Å². The third-order valence-electron chi connectivity index (χ3n) is 6.33. The van der Waals surface area contributed by atoms with Crippen LogP contribution in [0.1, 0.15) is 47.2 Å². The molecule has 3 aromatic rings. The molecule has 1 saturated carbocycles. The molecule has 1 aliphatic carbocycles. The minimum absolute atomic E-state index is 0.0238. The van der Waals surface area contributed by atoms with E-state index in [9.17, 15) is 4.79 Å². The lowest BCUT2D eigenvalue weighted by Crippen LogP contribution is -2.34. The highest BCUT2D eigenvalue weighted by molar-refractivity contribution is 5.95. The predicted octanol–water partition coefficient (Wildman–Crippen LogP) is 4.53. The Hall–Kier alpha value is -3.41. The first-order chi connectivity index (χ1) is 16.1. The fraction of sp³-hybridized carbons (Fsp3) is 0.370. The quantitative estimate of drug-likeness (QED) is 0.535. The van der Waals surface area contributed by atoms with Gasteiger partial charge in [0.15, 0.2) is 0 Å². The van der Waals surface area contributed by atoms with E-state index in [1.165, 1.54) is 5.56 Å². The molecule has 0 saturated heterocycles. The average molecular weight is 444 g/mol. The van der Waals surface area contributed by atoms with Gasteiger partial charge in [0, 0.05) is 38.4 Å². The Balaban J connectivity index is 1.26. The minimum Gasteiger partial charge on any atom is -0.363 e. The van der Waals surface area contributed by atoms with Gasteiger partial charge in [0.25, 0.3) is 5.91 Å². The van der Waals surface area contributed by atoms with Gasteiger partial charge in [-0.3, -0.25) is 4.79 Å². The van der Waals surface area contributed by atoms with Gasteiger partial charge in [-0.1, -0.05) is 48.5 Å². The fourth-order valence-electron chi connectivity index (χ4n) is 4.41. The number of hydrogen-bond donors (Lipinski definition) is 2. The maximum Gasteiger partial charge on any atom is 0.251 e. The lowest BCUT2D eigenvalue weighted by Gasteiger charge is -2.29. The SMILES string of the molecule is CN(C)c1ccnc(NC2CCC(CNC(=O)c3ccccc3Cc3ccccc3)CC2)n1. The fourth-order valence-corrected chi connectivity index (χ4v) is 4.41. The molecule has 4 rings (SSSR count). The molecule has 0 aliphatic heterocycles. The normalized spacial score (nSPS) is 17.9. The first kappa shape index (κ1) is 22.8. The smallest absolute Gasteiger partial charge is 0.251 e. The molecule has 1 aromatic heterocycles. The lowest BCUT2D eigenvalue weighted by molar-refractivity contribution is 0.0942. The summed E-state index contributed by atoms with van der Waals surface area (Å²) in [5.41, 5.74) is 3.05. The Morgan fingerprint density at radius 1 is 0.970 bits per heavy atom. The first-order valence-electron chi connectivity index (χ1n) is 11.8. The Kier molecular flexibility index (Phi) is 7.55. The summed E-state index contributed by atoms with van der Waals surface area (Å²) in [5, 5.41) is 6.67. The molecular weight excluding hydrogens is 410 g/mol. The summed E-state index contributed by atoms with van der Waals surface area (Å²) in [7, 11) is 3.96. The molecule has 1 fully saturated rings. The van der Waals surface area contributed by atoms with Gasteiger partial charge in [-0.15, -0.1) is 0 Å².